The summed E-state index contributed by atoms with van der Waals surface area (Å²) in [5, 5.41) is 3.37. The Morgan fingerprint density at radius 2 is 1.86 bits per heavy atom. The van der Waals surface area contributed by atoms with Crippen molar-refractivity contribution in [1.82, 2.24) is 10.3 Å². The van der Waals surface area contributed by atoms with Gasteiger partial charge < -0.3 is 5.32 Å². The fourth-order valence-electron chi connectivity index (χ4n) is 2.04. The van der Waals surface area contributed by atoms with E-state index in [0.717, 1.165) is 29.6 Å². The quantitative estimate of drug-likeness (QED) is 0.846. The minimum Gasteiger partial charge on any atom is -0.309 e. The van der Waals surface area contributed by atoms with Crippen LogP contribution in [0.25, 0.3) is 0 Å². The maximum atomic E-state index is 13.2. The Balaban J connectivity index is 2.09. The fraction of sp³-hybridized carbons (Fsp3) is 0.312. The Kier molecular flexibility index (Phi) is 5.70. The van der Waals surface area contributed by atoms with Gasteiger partial charge in [-0.2, -0.15) is 0 Å². The maximum Gasteiger partial charge on any atom is 0.159 e. The molecule has 0 aliphatic carbocycles. The first-order valence-electron chi connectivity index (χ1n) is 6.96. The predicted molar refractivity (Wildman–Crippen MR) is 81.4 cm³/mol. The van der Waals surface area contributed by atoms with Crippen LogP contribution in [0.4, 0.5) is 8.78 Å². The van der Waals surface area contributed by atoms with Crippen molar-refractivity contribution in [2.45, 2.75) is 36.1 Å². The highest BCUT2D eigenvalue weighted by Gasteiger charge is 2.09. The standard InChI is InChI=1S/C16H18F2N2S/c1-3-15(19-4-2)16-8-6-12(10-20-16)21-11-5-7-13(17)14(18)9-11/h5-10,15,19H,3-4H2,1-2H3. The topological polar surface area (TPSA) is 24.9 Å². The number of pyridine rings is 1. The molecule has 1 unspecified atom stereocenters. The minimum atomic E-state index is -0.831. The van der Waals surface area contributed by atoms with E-state index in [4.69, 9.17) is 0 Å². The van der Waals surface area contributed by atoms with Crippen LogP contribution in [0.5, 0.6) is 0 Å². The molecule has 2 nitrogen and oxygen atoms in total. The van der Waals surface area contributed by atoms with Crippen molar-refractivity contribution < 1.29 is 8.78 Å². The van der Waals surface area contributed by atoms with Crippen molar-refractivity contribution in [2.75, 3.05) is 6.54 Å². The second kappa shape index (κ2) is 7.52. The molecule has 0 aliphatic heterocycles. The van der Waals surface area contributed by atoms with Gasteiger partial charge in [0.05, 0.1) is 5.69 Å². The molecule has 1 N–H and O–H groups in total. The first-order chi connectivity index (χ1) is 10.1. The molecule has 1 heterocycles. The lowest BCUT2D eigenvalue weighted by atomic mass is 10.1. The van der Waals surface area contributed by atoms with Crippen molar-refractivity contribution in [2.24, 2.45) is 0 Å². The van der Waals surface area contributed by atoms with Gasteiger partial charge in [0.15, 0.2) is 11.6 Å². The summed E-state index contributed by atoms with van der Waals surface area (Å²) in [7, 11) is 0. The van der Waals surface area contributed by atoms with E-state index in [1.807, 2.05) is 12.1 Å². The Morgan fingerprint density at radius 3 is 2.43 bits per heavy atom. The zero-order valence-corrected chi connectivity index (χ0v) is 12.9. The van der Waals surface area contributed by atoms with E-state index in [1.165, 1.54) is 17.8 Å². The summed E-state index contributed by atoms with van der Waals surface area (Å²) in [6.45, 7) is 5.07. The molecule has 0 amide bonds. The Bertz CT molecular complexity index is 587. The lowest BCUT2D eigenvalue weighted by Crippen LogP contribution is -2.20. The van der Waals surface area contributed by atoms with Crippen molar-refractivity contribution >= 4 is 11.8 Å². The number of nitrogens with zero attached hydrogens (tertiary/aromatic N) is 1. The van der Waals surface area contributed by atoms with Gasteiger partial charge in [-0.15, -0.1) is 0 Å². The third kappa shape index (κ3) is 4.25. The summed E-state index contributed by atoms with van der Waals surface area (Å²) < 4.78 is 26.1. The van der Waals surface area contributed by atoms with Gasteiger partial charge in [0.2, 0.25) is 0 Å². The number of halogens is 2. The normalized spacial score (nSPS) is 12.4. The second-order valence-corrected chi connectivity index (χ2v) is 5.76. The molecule has 0 fully saturated rings. The summed E-state index contributed by atoms with van der Waals surface area (Å²) in [6, 6.07) is 8.06. The minimum absolute atomic E-state index is 0.248. The first kappa shape index (κ1) is 15.9. The van der Waals surface area contributed by atoms with E-state index in [1.54, 1.807) is 12.3 Å². The lowest BCUT2D eigenvalue weighted by molar-refractivity contribution is 0.506. The molecule has 2 rings (SSSR count). The van der Waals surface area contributed by atoms with E-state index in [9.17, 15) is 8.78 Å². The van der Waals surface area contributed by atoms with Crippen LogP contribution in [-0.4, -0.2) is 11.5 Å². The van der Waals surface area contributed by atoms with Gasteiger partial charge in [-0.3, -0.25) is 4.98 Å². The van der Waals surface area contributed by atoms with Crippen LogP contribution < -0.4 is 5.32 Å². The molecular weight excluding hydrogens is 290 g/mol. The summed E-state index contributed by atoms with van der Waals surface area (Å²) in [5.41, 5.74) is 0.994. The molecule has 2 aromatic rings. The molecule has 1 atom stereocenters. The zero-order chi connectivity index (χ0) is 15.2. The van der Waals surface area contributed by atoms with Crippen LogP contribution in [0.2, 0.25) is 0 Å². The Labute approximate surface area is 128 Å². The first-order valence-corrected chi connectivity index (χ1v) is 7.78. The van der Waals surface area contributed by atoms with Gasteiger partial charge in [-0.1, -0.05) is 25.6 Å². The number of aromatic nitrogens is 1. The van der Waals surface area contributed by atoms with Gasteiger partial charge in [-0.25, -0.2) is 8.78 Å². The molecule has 0 radical (unpaired) electrons. The molecule has 1 aromatic heterocycles. The van der Waals surface area contributed by atoms with Crippen LogP contribution in [0.3, 0.4) is 0 Å². The van der Waals surface area contributed by atoms with Crippen molar-refractivity contribution in [3.8, 4) is 0 Å². The maximum absolute atomic E-state index is 13.2. The smallest absolute Gasteiger partial charge is 0.159 e. The highest BCUT2D eigenvalue weighted by atomic mass is 32.2. The average Bonchev–Trinajstić information content (AvgIpc) is 2.49. The van der Waals surface area contributed by atoms with Crippen LogP contribution in [0, 0.1) is 11.6 Å². The van der Waals surface area contributed by atoms with Crippen LogP contribution in [-0.2, 0) is 0 Å². The Hall–Kier alpha value is -1.46. The summed E-state index contributed by atoms with van der Waals surface area (Å²) in [5.74, 6) is -1.66. The lowest BCUT2D eigenvalue weighted by Gasteiger charge is -2.15. The number of rotatable bonds is 6. The third-order valence-electron chi connectivity index (χ3n) is 3.10. The number of benzene rings is 1. The molecular formula is C16H18F2N2S. The molecule has 1 aromatic carbocycles. The summed E-state index contributed by atoms with van der Waals surface area (Å²) in [6.07, 6.45) is 2.73. The second-order valence-electron chi connectivity index (χ2n) is 4.62. The molecule has 0 saturated carbocycles. The van der Waals surface area contributed by atoms with Crippen molar-refractivity contribution in [3.63, 3.8) is 0 Å². The van der Waals surface area contributed by atoms with Gasteiger partial charge in [0, 0.05) is 22.0 Å². The Morgan fingerprint density at radius 1 is 1.10 bits per heavy atom. The molecule has 0 spiro atoms. The largest absolute Gasteiger partial charge is 0.309 e. The zero-order valence-electron chi connectivity index (χ0n) is 12.1. The fourth-order valence-corrected chi connectivity index (χ4v) is 2.85. The number of nitrogens with one attached hydrogen (secondary N) is 1. The molecule has 21 heavy (non-hydrogen) atoms. The molecule has 0 saturated heterocycles. The molecule has 0 aliphatic rings. The van der Waals surface area contributed by atoms with Crippen molar-refractivity contribution in [1.29, 1.82) is 0 Å². The van der Waals surface area contributed by atoms with E-state index < -0.39 is 11.6 Å². The van der Waals surface area contributed by atoms with E-state index in [-0.39, 0.29) is 6.04 Å². The van der Waals surface area contributed by atoms with E-state index in [2.05, 4.69) is 24.1 Å². The van der Waals surface area contributed by atoms with Crippen molar-refractivity contribution in [3.05, 3.63) is 53.9 Å². The molecule has 112 valence electrons. The summed E-state index contributed by atoms with van der Waals surface area (Å²) >= 11 is 1.36. The number of hydrogen-bond acceptors (Lipinski definition) is 3. The van der Waals surface area contributed by atoms with Crippen LogP contribution >= 0.6 is 11.8 Å². The highest BCUT2D eigenvalue weighted by Crippen LogP contribution is 2.28. The monoisotopic (exact) mass is 308 g/mol. The van der Waals surface area contributed by atoms with Gasteiger partial charge in [0.25, 0.3) is 0 Å². The molecule has 5 heteroatoms. The average molecular weight is 308 g/mol. The predicted octanol–water partition coefficient (Wildman–Crippen LogP) is 4.57. The van der Waals surface area contributed by atoms with Gasteiger partial charge in [0.1, 0.15) is 0 Å². The summed E-state index contributed by atoms with van der Waals surface area (Å²) in [4.78, 5) is 6.01. The van der Waals surface area contributed by atoms with Gasteiger partial charge in [-0.05, 0) is 43.3 Å². The van der Waals surface area contributed by atoms with Crippen LogP contribution in [0.15, 0.2) is 46.3 Å². The van der Waals surface area contributed by atoms with Gasteiger partial charge >= 0.3 is 0 Å². The molecule has 0 bridgehead atoms. The third-order valence-corrected chi connectivity index (χ3v) is 4.07. The highest BCUT2D eigenvalue weighted by molar-refractivity contribution is 7.99. The SMILES string of the molecule is CCNC(CC)c1ccc(Sc2ccc(F)c(F)c2)cn1. The number of hydrogen-bond donors (Lipinski definition) is 1. The van der Waals surface area contributed by atoms with E-state index in [0.29, 0.717) is 4.90 Å². The van der Waals surface area contributed by atoms with E-state index >= 15 is 0 Å². The van der Waals surface area contributed by atoms with Crippen LogP contribution in [0.1, 0.15) is 32.0 Å².